The summed E-state index contributed by atoms with van der Waals surface area (Å²) in [5.41, 5.74) is 4.83. The predicted molar refractivity (Wildman–Crippen MR) is 122 cm³/mol. The molecule has 0 fully saturated rings. The summed E-state index contributed by atoms with van der Waals surface area (Å²) in [7, 11) is -3.70. The molecule has 2 aromatic heterocycles. The smallest absolute Gasteiger partial charge is 0.268 e. The van der Waals surface area contributed by atoms with Crippen LogP contribution in [0.25, 0.3) is 27.0 Å². The number of hydrogen-bond acceptors (Lipinski definition) is 5. The maximum absolute atomic E-state index is 13.4. The fourth-order valence-corrected chi connectivity index (χ4v) is 6.03. The van der Waals surface area contributed by atoms with Crippen LogP contribution in [-0.4, -0.2) is 30.5 Å². The van der Waals surface area contributed by atoms with Crippen molar-refractivity contribution in [1.29, 1.82) is 0 Å². The molecule has 7 heteroatoms. The third-order valence-electron chi connectivity index (χ3n) is 5.35. The molecule has 0 spiro atoms. The number of thiazole rings is 1. The zero-order valence-corrected chi connectivity index (χ0v) is 18.1. The lowest BCUT2D eigenvalue weighted by atomic mass is 9.99. The van der Waals surface area contributed by atoms with Gasteiger partial charge in [0.2, 0.25) is 0 Å². The van der Waals surface area contributed by atoms with Crippen molar-refractivity contribution in [2.24, 2.45) is 0 Å². The molecular weight excluding hydrogens is 414 g/mol. The molecule has 0 saturated carbocycles. The van der Waals surface area contributed by atoms with Crippen LogP contribution in [0.3, 0.4) is 0 Å². The Hall–Kier alpha value is -2.74. The third-order valence-corrected chi connectivity index (χ3v) is 8.04. The highest BCUT2D eigenvalue weighted by Crippen LogP contribution is 2.35. The van der Waals surface area contributed by atoms with E-state index < -0.39 is 10.0 Å². The zero-order valence-electron chi connectivity index (χ0n) is 16.5. The van der Waals surface area contributed by atoms with Crippen molar-refractivity contribution in [2.45, 2.75) is 18.2 Å². The van der Waals surface area contributed by atoms with Gasteiger partial charge in [0.05, 0.1) is 10.4 Å². The molecule has 1 aliphatic rings. The molecule has 2 aromatic carbocycles. The van der Waals surface area contributed by atoms with E-state index in [-0.39, 0.29) is 4.90 Å². The molecule has 0 amide bonds. The molecule has 1 N–H and O–H groups in total. The van der Waals surface area contributed by atoms with Crippen LogP contribution in [0.15, 0.2) is 71.1 Å². The molecule has 0 aliphatic carbocycles. The highest BCUT2D eigenvalue weighted by molar-refractivity contribution is 7.90. The molecule has 3 heterocycles. The third kappa shape index (κ3) is 3.29. The van der Waals surface area contributed by atoms with Crippen LogP contribution < -0.4 is 5.32 Å². The monoisotopic (exact) mass is 435 g/mol. The van der Waals surface area contributed by atoms with E-state index in [9.17, 15) is 8.42 Å². The first-order valence-electron chi connectivity index (χ1n) is 9.82. The first kappa shape index (κ1) is 19.2. The van der Waals surface area contributed by atoms with Gasteiger partial charge in [-0.1, -0.05) is 24.3 Å². The molecule has 152 valence electrons. The van der Waals surface area contributed by atoms with Crippen LogP contribution in [0.1, 0.15) is 17.7 Å². The van der Waals surface area contributed by atoms with Crippen LogP contribution in [0.4, 0.5) is 0 Å². The van der Waals surface area contributed by atoms with Gasteiger partial charge >= 0.3 is 0 Å². The molecule has 4 aromatic rings. The first-order chi connectivity index (χ1) is 14.5. The molecular formula is C23H21N3O2S2. The lowest BCUT2D eigenvalue weighted by Crippen LogP contribution is -2.20. The van der Waals surface area contributed by atoms with E-state index in [1.165, 1.54) is 9.55 Å². The number of aromatic nitrogens is 2. The summed E-state index contributed by atoms with van der Waals surface area (Å²) < 4.78 is 28.3. The highest BCUT2D eigenvalue weighted by atomic mass is 32.2. The van der Waals surface area contributed by atoms with Gasteiger partial charge in [0.25, 0.3) is 10.0 Å². The van der Waals surface area contributed by atoms with Crippen LogP contribution in [0, 0.1) is 6.92 Å². The Morgan fingerprint density at radius 1 is 1.13 bits per heavy atom. The average Bonchev–Trinajstić information content (AvgIpc) is 3.39. The fraction of sp³-hybridized carbons (Fsp3) is 0.174. The Morgan fingerprint density at radius 2 is 1.97 bits per heavy atom. The minimum Gasteiger partial charge on any atom is -0.313 e. The Balaban J connectivity index is 1.75. The standard InChI is InChI=1S/C23H21N3O2S2/c1-16-15-29-23(25-16)18-7-8-22-20(13-18)21(17-9-11-24-12-10-17)14-26(22)30(27,28)19-5-3-2-4-6-19/h2-9,13-15,24H,10-12H2,1H3. The van der Waals surface area contributed by atoms with E-state index in [1.54, 1.807) is 41.8 Å². The number of rotatable bonds is 4. The molecule has 5 nitrogen and oxygen atoms in total. The lowest BCUT2D eigenvalue weighted by Gasteiger charge is -2.13. The van der Waals surface area contributed by atoms with Gasteiger partial charge in [0.15, 0.2) is 0 Å². The average molecular weight is 436 g/mol. The largest absolute Gasteiger partial charge is 0.313 e. The molecule has 0 atom stereocenters. The molecule has 0 bridgehead atoms. The number of benzene rings is 2. The van der Waals surface area contributed by atoms with Crippen LogP contribution in [0.5, 0.6) is 0 Å². The van der Waals surface area contributed by atoms with E-state index in [2.05, 4.69) is 22.4 Å². The Labute approximate surface area is 179 Å². The SMILES string of the molecule is Cc1csc(-c2ccc3c(c2)c(C2=CCNCC2)cn3S(=O)(=O)c2ccccc2)n1. The summed E-state index contributed by atoms with van der Waals surface area (Å²) in [6, 6.07) is 14.5. The van der Waals surface area contributed by atoms with E-state index >= 15 is 0 Å². The van der Waals surface area contributed by atoms with Gasteiger partial charge in [-0.05, 0) is 55.8 Å². The molecule has 0 radical (unpaired) electrons. The number of aryl methyl sites for hydroxylation is 1. The van der Waals surface area contributed by atoms with Crippen molar-refractivity contribution in [3.8, 4) is 10.6 Å². The van der Waals surface area contributed by atoms with E-state index in [4.69, 9.17) is 0 Å². The van der Waals surface area contributed by atoms with Gasteiger partial charge < -0.3 is 5.32 Å². The van der Waals surface area contributed by atoms with Crippen molar-refractivity contribution in [3.05, 3.63) is 77.4 Å². The summed E-state index contributed by atoms with van der Waals surface area (Å²) in [5, 5.41) is 7.24. The second-order valence-electron chi connectivity index (χ2n) is 7.37. The van der Waals surface area contributed by atoms with E-state index in [0.717, 1.165) is 46.7 Å². The van der Waals surface area contributed by atoms with E-state index in [1.807, 2.05) is 30.5 Å². The van der Waals surface area contributed by atoms with E-state index in [0.29, 0.717) is 5.52 Å². The normalized spacial score (nSPS) is 14.8. The topological polar surface area (TPSA) is 64.0 Å². The highest BCUT2D eigenvalue weighted by Gasteiger charge is 2.23. The Kier molecular flexibility index (Phi) is 4.81. The van der Waals surface area contributed by atoms with Gasteiger partial charge in [-0.2, -0.15) is 0 Å². The van der Waals surface area contributed by atoms with Crippen LogP contribution in [0.2, 0.25) is 0 Å². The molecule has 5 rings (SSSR count). The molecule has 1 aliphatic heterocycles. The van der Waals surface area contributed by atoms with Crippen LogP contribution in [-0.2, 0) is 10.0 Å². The number of fused-ring (bicyclic) bond motifs is 1. The van der Waals surface area contributed by atoms with Crippen molar-refractivity contribution < 1.29 is 8.42 Å². The van der Waals surface area contributed by atoms with Gasteiger partial charge in [-0.3, -0.25) is 0 Å². The summed E-state index contributed by atoms with van der Waals surface area (Å²) in [4.78, 5) is 4.89. The Bertz CT molecular complexity index is 1370. The van der Waals surface area contributed by atoms with Gasteiger partial charge in [-0.15, -0.1) is 11.3 Å². The van der Waals surface area contributed by atoms with Crippen molar-refractivity contribution in [1.82, 2.24) is 14.3 Å². The molecule has 0 saturated heterocycles. The van der Waals surface area contributed by atoms with Gasteiger partial charge in [-0.25, -0.2) is 17.4 Å². The maximum atomic E-state index is 13.4. The Morgan fingerprint density at radius 3 is 2.67 bits per heavy atom. The summed E-state index contributed by atoms with van der Waals surface area (Å²) >= 11 is 1.60. The number of hydrogen-bond donors (Lipinski definition) is 1. The number of nitrogens with one attached hydrogen (secondary N) is 1. The first-order valence-corrected chi connectivity index (χ1v) is 12.1. The summed E-state index contributed by atoms with van der Waals surface area (Å²) in [5.74, 6) is 0. The summed E-state index contributed by atoms with van der Waals surface area (Å²) in [6.45, 7) is 3.65. The van der Waals surface area contributed by atoms with Crippen molar-refractivity contribution in [2.75, 3.05) is 13.1 Å². The van der Waals surface area contributed by atoms with Gasteiger partial charge in [0.1, 0.15) is 5.01 Å². The zero-order chi connectivity index (χ0) is 20.7. The van der Waals surface area contributed by atoms with Crippen molar-refractivity contribution >= 4 is 37.8 Å². The molecule has 0 unspecified atom stereocenters. The summed E-state index contributed by atoms with van der Waals surface area (Å²) in [6.07, 6.45) is 4.80. The second-order valence-corrected chi connectivity index (χ2v) is 10.0. The van der Waals surface area contributed by atoms with Crippen LogP contribution >= 0.6 is 11.3 Å². The molecule has 30 heavy (non-hydrogen) atoms. The number of nitrogens with zero attached hydrogens (tertiary/aromatic N) is 2. The predicted octanol–water partition coefficient (Wildman–Crippen LogP) is 4.69. The minimum absolute atomic E-state index is 0.285. The lowest BCUT2D eigenvalue weighted by molar-refractivity contribution is 0.589. The fourth-order valence-electron chi connectivity index (χ4n) is 3.85. The van der Waals surface area contributed by atoms with Crippen molar-refractivity contribution in [3.63, 3.8) is 0 Å². The minimum atomic E-state index is -3.70. The maximum Gasteiger partial charge on any atom is 0.268 e. The quantitative estimate of drug-likeness (QED) is 0.505. The second kappa shape index (κ2) is 7.50. The van der Waals surface area contributed by atoms with Gasteiger partial charge in [0, 0.05) is 40.3 Å².